The van der Waals surface area contributed by atoms with Crippen LogP contribution in [0.2, 0.25) is 0 Å². The maximum Gasteiger partial charge on any atom is 0.0454 e. The van der Waals surface area contributed by atoms with Gasteiger partial charge in [0.05, 0.1) is 0 Å². The number of benzene rings is 1. The van der Waals surface area contributed by atoms with Crippen molar-refractivity contribution in [3.8, 4) is 0 Å². The highest BCUT2D eigenvalue weighted by molar-refractivity contribution is 5.79. The summed E-state index contributed by atoms with van der Waals surface area (Å²) in [4.78, 5) is 3.22. The van der Waals surface area contributed by atoms with Crippen LogP contribution in [0.3, 0.4) is 0 Å². The lowest BCUT2D eigenvalue weighted by atomic mass is 10.1. The van der Waals surface area contributed by atoms with Crippen LogP contribution in [0.5, 0.6) is 0 Å². The van der Waals surface area contributed by atoms with Gasteiger partial charge in [-0.15, -0.1) is 0 Å². The molecular weight excluding hydrogens is 196 g/mol. The van der Waals surface area contributed by atoms with E-state index >= 15 is 0 Å². The lowest BCUT2D eigenvalue weighted by Gasteiger charge is -2.11. The summed E-state index contributed by atoms with van der Waals surface area (Å²) in [5.74, 6) is 0. The third kappa shape index (κ3) is 1.98. The number of rotatable bonds is 3. The Labute approximate surface area is 96.1 Å². The lowest BCUT2D eigenvalue weighted by molar-refractivity contribution is 0.524. The molecular formula is C14H18N2. The van der Waals surface area contributed by atoms with Crippen molar-refractivity contribution in [3.05, 3.63) is 36.0 Å². The number of aromatic nitrogens is 1. The van der Waals surface area contributed by atoms with E-state index in [0.29, 0.717) is 0 Å². The molecule has 0 unspecified atom stereocenters. The van der Waals surface area contributed by atoms with Crippen LogP contribution in [0, 0.1) is 0 Å². The molecule has 0 radical (unpaired) electrons. The molecule has 1 aliphatic rings. The van der Waals surface area contributed by atoms with Gasteiger partial charge in [0.25, 0.3) is 0 Å². The largest absolute Gasteiger partial charge is 0.361 e. The number of hydrogen-bond donors (Lipinski definition) is 2. The molecule has 0 bridgehead atoms. The Balaban J connectivity index is 1.68. The van der Waals surface area contributed by atoms with Crippen molar-refractivity contribution in [1.82, 2.24) is 10.3 Å². The molecule has 0 saturated heterocycles. The number of hydrogen-bond acceptors (Lipinski definition) is 1. The Bertz CT molecular complexity index is 466. The van der Waals surface area contributed by atoms with Crippen LogP contribution in [-0.4, -0.2) is 11.0 Å². The zero-order valence-electron chi connectivity index (χ0n) is 9.50. The number of aromatic amines is 1. The van der Waals surface area contributed by atoms with Crippen LogP contribution >= 0.6 is 0 Å². The topological polar surface area (TPSA) is 27.8 Å². The zero-order valence-corrected chi connectivity index (χ0v) is 9.50. The zero-order chi connectivity index (χ0) is 10.8. The van der Waals surface area contributed by atoms with Crippen LogP contribution in [-0.2, 0) is 6.54 Å². The van der Waals surface area contributed by atoms with Gasteiger partial charge < -0.3 is 10.3 Å². The predicted octanol–water partition coefficient (Wildman–Crippen LogP) is 3.20. The van der Waals surface area contributed by atoms with Gasteiger partial charge in [-0.05, 0) is 42.0 Å². The minimum atomic E-state index is 0.752. The second-order valence-corrected chi connectivity index (χ2v) is 4.76. The van der Waals surface area contributed by atoms with E-state index in [-0.39, 0.29) is 0 Å². The van der Waals surface area contributed by atoms with Crippen LogP contribution in [0.25, 0.3) is 10.9 Å². The Morgan fingerprint density at radius 1 is 1.19 bits per heavy atom. The summed E-state index contributed by atoms with van der Waals surface area (Å²) in [6, 6.07) is 9.53. The van der Waals surface area contributed by atoms with Gasteiger partial charge in [0.1, 0.15) is 0 Å². The van der Waals surface area contributed by atoms with E-state index in [0.717, 1.165) is 12.6 Å². The average Bonchev–Trinajstić information content (AvgIpc) is 2.97. The molecule has 0 amide bonds. The summed E-state index contributed by atoms with van der Waals surface area (Å²) in [5, 5.41) is 4.96. The first kappa shape index (κ1) is 9.91. The first-order chi connectivity index (χ1) is 7.92. The van der Waals surface area contributed by atoms with E-state index in [9.17, 15) is 0 Å². The average molecular weight is 214 g/mol. The molecule has 2 nitrogen and oxygen atoms in total. The Morgan fingerprint density at radius 3 is 2.94 bits per heavy atom. The number of nitrogens with one attached hydrogen (secondary N) is 2. The molecule has 0 spiro atoms. The molecule has 1 aromatic carbocycles. The summed E-state index contributed by atoms with van der Waals surface area (Å²) >= 11 is 0. The highest BCUT2D eigenvalue weighted by Crippen LogP contribution is 2.19. The SMILES string of the molecule is c1cc2cc(CNC3CCCC3)ccc2[nH]1. The first-order valence-corrected chi connectivity index (χ1v) is 6.21. The summed E-state index contributed by atoms with van der Waals surface area (Å²) in [5.41, 5.74) is 2.61. The minimum Gasteiger partial charge on any atom is -0.361 e. The maximum atomic E-state index is 3.64. The normalized spacial score (nSPS) is 17.2. The van der Waals surface area contributed by atoms with Crippen LogP contribution in [0.15, 0.2) is 30.5 Å². The van der Waals surface area contributed by atoms with Gasteiger partial charge in [0.2, 0.25) is 0 Å². The highest BCUT2D eigenvalue weighted by Gasteiger charge is 2.13. The van der Waals surface area contributed by atoms with Crippen molar-refractivity contribution >= 4 is 10.9 Å². The minimum absolute atomic E-state index is 0.752. The smallest absolute Gasteiger partial charge is 0.0454 e. The summed E-state index contributed by atoms with van der Waals surface area (Å²) in [6.07, 6.45) is 7.50. The molecule has 1 saturated carbocycles. The molecule has 1 aromatic heterocycles. The Morgan fingerprint density at radius 2 is 2.06 bits per heavy atom. The van der Waals surface area contributed by atoms with E-state index in [1.807, 2.05) is 6.20 Å². The Kier molecular flexibility index (Phi) is 2.66. The van der Waals surface area contributed by atoms with Crippen molar-refractivity contribution in [2.24, 2.45) is 0 Å². The van der Waals surface area contributed by atoms with Gasteiger partial charge in [0.15, 0.2) is 0 Å². The van der Waals surface area contributed by atoms with Crippen molar-refractivity contribution in [2.45, 2.75) is 38.3 Å². The standard InChI is InChI=1S/C14H18N2/c1-2-4-13(3-1)16-10-11-5-6-14-12(9-11)7-8-15-14/h5-9,13,15-16H,1-4,10H2. The fourth-order valence-electron chi connectivity index (χ4n) is 2.60. The first-order valence-electron chi connectivity index (χ1n) is 6.21. The third-order valence-electron chi connectivity index (χ3n) is 3.57. The van der Waals surface area contributed by atoms with E-state index in [1.165, 1.54) is 42.1 Å². The second kappa shape index (κ2) is 4.30. The van der Waals surface area contributed by atoms with E-state index in [1.54, 1.807) is 0 Å². The molecule has 1 aliphatic carbocycles. The van der Waals surface area contributed by atoms with Crippen LogP contribution in [0.4, 0.5) is 0 Å². The lowest BCUT2D eigenvalue weighted by Crippen LogP contribution is -2.25. The molecule has 2 N–H and O–H groups in total. The maximum absolute atomic E-state index is 3.64. The number of fused-ring (bicyclic) bond motifs is 1. The van der Waals surface area contributed by atoms with Crippen molar-refractivity contribution in [2.75, 3.05) is 0 Å². The quantitative estimate of drug-likeness (QED) is 0.806. The molecule has 0 atom stereocenters. The van der Waals surface area contributed by atoms with Gasteiger partial charge in [-0.25, -0.2) is 0 Å². The summed E-state index contributed by atoms with van der Waals surface area (Å²) in [6.45, 7) is 1.01. The van der Waals surface area contributed by atoms with Gasteiger partial charge in [0, 0.05) is 24.3 Å². The van der Waals surface area contributed by atoms with Crippen molar-refractivity contribution in [3.63, 3.8) is 0 Å². The molecule has 1 heterocycles. The molecule has 16 heavy (non-hydrogen) atoms. The van der Waals surface area contributed by atoms with Gasteiger partial charge in [-0.3, -0.25) is 0 Å². The molecule has 2 heteroatoms. The van der Waals surface area contributed by atoms with E-state index < -0.39 is 0 Å². The van der Waals surface area contributed by atoms with Crippen LogP contribution < -0.4 is 5.32 Å². The molecule has 0 aliphatic heterocycles. The molecule has 84 valence electrons. The fraction of sp³-hybridized carbons (Fsp3) is 0.429. The summed E-state index contributed by atoms with van der Waals surface area (Å²) in [7, 11) is 0. The second-order valence-electron chi connectivity index (χ2n) is 4.76. The van der Waals surface area contributed by atoms with Crippen LogP contribution in [0.1, 0.15) is 31.2 Å². The monoisotopic (exact) mass is 214 g/mol. The third-order valence-corrected chi connectivity index (χ3v) is 3.57. The highest BCUT2D eigenvalue weighted by atomic mass is 14.9. The van der Waals surface area contributed by atoms with Gasteiger partial charge in [-0.2, -0.15) is 0 Å². The van der Waals surface area contributed by atoms with Crippen molar-refractivity contribution in [1.29, 1.82) is 0 Å². The van der Waals surface area contributed by atoms with E-state index in [2.05, 4.69) is 34.6 Å². The summed E-state index contributed by atoms with van der Waals surface area (Å²) < 4.78 is 0. The fourth-order valence-corrected chi connectivity index (χ4v) is 2.60. The van der Waals surface area contributed by atoms with Crippen molar-refractivity contribution < 1.29 is 0 Å². The predicted molar refractivity (Wildman–Crippen MR) is 67.4 cm³/mol. The molecule has 3 rings (SSSR count). The van der Waals surface area contributed by atoms with Gasteiger partial charge >= 0.3 is 0 Å². The van der Waals surface area contributed by atoms with Gasteiger partial charge in [-0.1, -0.05) is 18.9 Å². The molecule has 2 aromatic rings. The molecule has 1 fully saturated rings. The Hall–Kier alpha value is -1.28. The van der Waals surface area contributed by atoms with E-state index in [4.69, 9.17) is 0 Å². The number of H-pyrrole nitrogens is 1.